The summed E-state index contributed by atoms with van der Waals surface area (Å²) in [5.74, 6) is 6.51. The van der Waals surface area contributed by atoms with E-state index in [-0.39, 0.29) is 6.04 Å². The van der Waals surface area contributed by atoms with Gasteiger partial charge in [-0.05, 0) is 17.9 Å². The van der Waals surface area contributed by atoms with E-state index in [1.807, 2.05) is 10.7 Å². The zero-order valence-electron chi connectivity index (χ0n) is 11.3. The van der Waals surface area contributed by atoms with E-state index in [2.05, 4.69) is 28.9 Å². The number of nitrogens with zero attached hydrogens (tertiary/aromatic N) is 2. The number of nitrogens with one attached hydrogen (secondary N) is 1. The topological polar surface area (TPSA) is 65.1 Å². The Hall–Kier alpha value is -1.37. The van der Waals surface area contributed by atoms with E-state index in [9.17, 15) is 0 Å². The molecule has 0 spiro atoms. The zero-order valence-corrected chi connectivity index (χ0v) is 12.1. The molecule has 0 bridgehead atoms. The average Bonchev–Trinajstić information content (AvgIpc) is 3.05. The van der Waals surface area contributed by atoms with Crippen LogP contribution in [0.25, 0.3) is 0 Å². The first kappa shape index (κ1) is 14.0. The van der Waals surface area contributed by atoms with Crippen molar-refractivity contribution in [3.8, 4) is 5.75 Å². The molecule has 2 rings (SSSR count). The minimum absolute atomic E-state index is 0.00245. The lowest BCUT2D eigenvalue weighted by Gasteiger charge is -2.18. The van der Waals surface area contributed by atoms with Gasteiger partial charge in [0.2, 0.25) is 0 Å². The molecule has 1 unspecified atom stereocenters. The largest absolute Gasteiger partial charge is 0.493 e. The summed E-state index contributed by atoms with van der Waals surface area (Å²) in [6.45, 7) is 2.99. The minimum atomic E-state index is 0.00245. The van der Waals surface area contributed by atoms with E-state index in [1.165, 1.54) is 4.88 Å². The summed E-state index contributed by atoms with van der Waals surface area (Å²) in [5.41, 5.74) is 3.90. The third-order valence-corrected chi connectivity index (χ3v) is 3.92. The Labute approximate surface area is 117 Å². The van der Waals surface area contributed by atoms with E-state index in [0.717, 1.165) is 30.8 Å². The minimum Gasteiger partial charge on any atom is -0.493 e. The van der Waals surface area contributed by atoms with Gasteiger partial charge in [-0.2, -0.15) is 5.10 Å². The lowest BCUT2D eigenvalue weighted by Crippen LogP contribution is -2.31. The number of aromatic nitrogens is 2. The van der Waals surface area contributed by atoms with Gasteiger partial charge in [-0.25, -0.2) is 0 Å². The molecule has 104 valence electrons. The molecule has 0 radical (unpaired) electrons. The Morgan fingerprint density at radius 1 is 1.58 bits per heavy atom. The second kappa shape index (κ2) is 6.70. The molecule has 0 aliphatic heterocycles. The van der Waals surface area contributed by atoms with E-state index in [1.54, 1.807) is 24.6 Å². The van der Waals surface area contributed by atoms with Crippen LogP contribution in [0.5, 0.6) is 5.75 Å². The summed E-state index contributed by atoms with van der Waals surface area (Å²) in [6.07, 6.45) is 3.61. The van der Waals surface area contributed by atoms with Crippen molar-refractivity contribution >= 4 is 11.3 Å². The van der Waals surface area contributed by atoms with Gasteiger partial charge in [-0.3, -0.25) is 16.0 Å². The van der Waals surface area contributed by atoms with Crippen LogP contribution in [-0.4, -0.2) is 16.9 Å². The maximum absolute atomic E-state index is 5.73. The maximum atomic E-state index is 5.73. The fourth-order valence-electron chi connectivity index (χ4n) is 2.14. The number of rotatable bonds is 7. The number of nitrogens with two attached hydrogens (primary N) is 1. The summed E-state index contributed by atoms with van der Waals surface area (Å²) in [5, 5.41) is 6.45. The van der Waals surface area contributed by atoms with Gasteiger partial charge in [0.15, 0.2) is 5.75 Å². The summed E-state index contributed by atoms with van der Waals surface area (Å²) < 4.78 is 7.37. The van der Waals surface area contributed by atoms with Gasteiger partial charge in [0.05, 0.1) is 25.0 Å². The SMILES string of the molecule is CCCn1ncc(OC)c1C(Cc1cccs1)NN. The summed E-state index contributed by atoms with van der Waals surface area (Å²) >= 11 is 1.73. The molecule has 19 heavy (non-hydrogen) atoms. The molecule has 0 aliphatic carbocycles. The van der Waals surface area contributed by atoms with Crippen LogP contribution in [-0.2, 0) is 13.0 Å². The van der Waals surface area contributed by atoms with Crippen LogP contribution in [0.1, 0.15) is 30.0 Å². The number of hydrazine groups is 1. The monoisotopic (exact) mass is 280 g/mol. The smallest absolute Gasteiger partial charge is 0.161 e. The maximum Gasteiger partial charge on any atom is 0.161 e. The number of ether oxygens (including phenoxy) is 1. The van der Waals surface area contributed by atoms with Crippen LogP contribution < -0.4 is 16.0 Å². The first-order valence-electron chi connectivity index (χ1n) is 6.38. The first-order valence-corrected chi connectivity index (χ1v) is 7.26. The molecule has 2 heterocycles. The van der Waals surface area contributed by atoms with Crippen molar-refractivity contribution in [3.05, 3.63) is 34.3 Å². The highest BCUT2D eigenvalue weighted by molar-refractivity contribution is 7.09. The molecule has 1 atom stereocenters. The Kier molecular flexibility index (Phi) is 4.95. The third-order valence-electron chi connectivity index (χ3n) is 3.02. The molecule has 2 aromatic rings. The summed E-state index contributed by atoms with van der Waals surface area (Å²) in [6, 6.07) is 4.17. The number of hydrogen-bond acceptors (Lipinski definition) is 5. The van der Waals surface area contributed by atoms with E-state index in [0.29, 0.717) is 0 Å². The van der Waals surface area contributed by atoms with Crippen LogP contribution in [0, 0.1) is 0 Å². The van der Waals surface area contributed by atoms with Crippen molar-refractivity contribution in [1.29, 1.82) is 0 Å². The van der Waals surface area contributed by atoms with Crippen molar-refractivity contribution in [3.63, 3.8) is 0 Å². The molecule has 5 nitrogen and oxygen atoms in total. The van der Waals surface area contributed by atoms with Crippen molar-refractivity contribution < 1.29 is 4.74 Å². The molecule has 0 aliphatic rings. The summed E-state index contributed by atoms with van der Waals surface area (Å²) in [4.78, 5) is 1.29. The fourth-order valence-corrected chi connectivity index (χ4v) is 2.89. The van der Waals surface area contributed by atoms with Crippen LogP contribution >= 0.6 is 11.3 Å². The van der Waals surface area contributed by atoms with Gasteiger partial charge < -0.3 is 4.74 Å². The third kappa shape index (κ3) is 3.15. The van der Waals surface area contributed by atoms with Gasteiger partial charge in [-0.1, -0.05) is 13.0 Å². The van der Waals surface area contributed by atoms with Crippen molar-refractivity contribution in [2.75, 3.05) is 7.11 Å². The molecule has 0 amide bonds. The quantitative estimate of drug-likeness (QED) is 0.602. The van der Waals surface area contributed by atoms with Crippen molar-refractivity contribution in [2.24, 2.45) is 5.84 Å². The fraction of sp³-hybridized carbons (Fsp3) is 0.462. The van der Waals surface area contributed by atoms with Crippen molar-refractivity contribution in [2.45, 2.75) is 32.4 Å². The highest BCUT2D eigenvalue weighted by Gasteiger charge is 2.21. The van der Waals surface area contributed by atoms with Gasteiger partial charge in [0.1, 0.15) is 0 Å². The van der Waals surface area contributed by atoms with Crippen LogP contribution in [0.15, 0.2) is 23.7 Å². The van der Waals surface area contributed by atoms with Gasteiger partial charge in [0, 0.05) is 17.8 Å². The highest BCUT2D eigenvalue weighted by atomic mass is 32.1. The number of thiophene rings is 1. The predicted octanol–water partition coefficient (Wildman–Crippen LogP) is 2.11. The predicted molar refractivity (Wildman–Crippen MR) is 77.2 cm³/mol. The highest BCUT2D eigenvalue weighted by Crippen LogP contribution is 2.28. The molecule has 0 fully saturated rings. The van der Waals surface area contributed by atoms with Crippen LogP contribution in [0.2, 0.25) is 0 Å². The number of aryl methyl sites for hydroxylation is 1. The molecule has 0 saturated heterocycles. The van der Waals surface area contributed by atoms with E-state index < -0.39 is 0 Å². The Morgan fingerprint density at radius 3 is 3.00 bits per heavy atom. The number of hydrogen-bond donors (Lipinski definition) is 2. The van der Waals surface area contributed by atoms with Crippen molar-refractivity contribution in [1.82, 2.24) is 15.2 Å². The second-order valence-corrected chi connectivity index (χ2v) is 5.36. The average molecular weight is 280 g/mol. The first-order chi connectivity index (χ1) is 9.30. The van der Waals surface area contributed by atoms with E-state index in [4.69, 9.17) is 10.6 Å². The summed E-state index contributed by atoms with van der Waals surface area (Å²) in [7, 11) is 1.66. The zero-order chi connectivity index (χ0) is 13.7. The Morgan fingerprint density at radius 2 is 2.42 bits per heavy atom. The normalized spacial score (nSPS) is 12.6. The van der Waals surface area contributed by atoms with Gasteiger partial charge >= 0.3 is 0 Å². The lowest BCUT2D eigenvalue weighted by atomic mass is 10.1. The molecular weight excluding hydrogens is 260 g/mol. The molecular formula is C13H20N4OS. The molecule has 2 aromatic heterocycles. The molecule has 0 saturated carbocycles. The molecule has 0 aromatic carbocycles. The lowest BCUT2D eigenvalue weighted by molar-refractivity contribution is 0.390. The van der Waals surface area contributed by atoms with Crippen LogP contribution in [0.4, 0.5) is 0 Å². The Bertz CT molecular complexity index is 495. The van der Waals surface area contributed by atoms with Gasteiger partial charge in [0.25, 0.3) is 0 Å². The Balaban J connectivity index is 2.27. The molecule has 3 N–H and O–H groups in total. The number of methoxy groups -OCH3 is 1. The second-order valence-electron chi connectivity index (χ2n) is 4.32. The van der Waals surface area contributed by atoms with E-state index >= 15 is 0 Å². The van der Waals surface area contributed by atoms with Crippen LogP contribution in [0.3, 0.4) is 0 Å². The van der Waals surface area contributed by atoms with Gasteiger partial charge in [-0.15, -0.1) is 11.3 Å². The standard InChI is InChI=1S/C13H20N4OS/c1-3-6-17-13(12(18-2)9-15-17)11(16-14)8-10-5-4-7-19-10/h4-5,7,9,11,16H,3,6,8,14H2,1-2H3. The molecule has 6 heteroatoms.